The minimum absolute atomic E-state index is 0.0173. The van der Waals surface area contributed by atoms with E-state index in [0.717, 1.165) is 11.5 Å². The molecule has 2 saturated carbocycles. The fourth-order valence-electron chi connectivity index (χ4n) is 13.3. The first-order chi connectivity index (χ1) is 30.4. The van der Waals surface area contributed by atoms with Gasteiger partial charge in [0, 0.05) is 44.4 Å². The quantitative estimate of drug-likeness (QED) is 0.0933. The van der Waals surface area contributed by atoms with E-state index in [1.54, 1.807) is 11.6 Å². The maximum Gasteiger partial charge on any atom is 0.252 e. The summed E-state index contributed by atoms with van der Waals surface area (Å²) in [7, 11) is -4.90. The molecule has 5 atom stereocenters. The monoisotopic (exact) mass is 906 g/mol. The van der Waals surface area contributed by atoms with Crippen molar-refractivity contribution in [2.75, 3.05) is 16.1 Å². The summed E-state index contributed by atoms with van der Waals surface area (Å²) in [5.41, 5.74) is 18.0. The van der Waals surface area contributed by atoms with E-state index in [9.17, 15) is 0 Å². The topological polar surface area (TPSA) is 6.48 Å². The summed E-state index contributed by atoms with van der Waals surface area (Å²) in [6, 6.07) is 42.4. The molecular weight excluding hydrogens is 847 g/mol. The van der Waals surface area contributed by atoms with Gasteiger partial charge in [0.2, 0.25) is 0 Å². The molecule has 0 radical (unpaired) electrons. The zero-order chi connectivity index (χ0) is 44.6. The molecule has 2 fully saturated rings. The zero-order valence-corrected chi connectivity index (χ0v) is 43.3. The Morgan fingerprint density at radius 1 is 0.625 bits per heavy atom. The second kappa shape index (κ2) is 13.6. The van der Waals surface area contributed by atoms with Crippen LogP contribution in [0.1, 0.15) is 30.9 Å². The van der Waals surface area contributed by atoms with Crippen LogP contribution in [0.25, 0.3) is 11.1 Å². The van der Waals surface area contributed by atoms with E-state index < -0.39 is 24.2 Å². The van der Waals surface area contributed by atoms with Crippen LogP contribution in [0.2, 0.25) is 58.9 Å². The van der Waals surface area contributed by atoms with Crippen LogP contribution >= 0.6 is 11.8 Å². The molecule has 0 N–H and O–H groups in total. The molecule has 6 aromatic rings. The number of rotatable bonds is 6. The second-order valence-corrected chi connectivity index (χ2v) is 39.3. The molecule has 0 amide bonds. The average molecular weight is 907 g/mol. The fourth-order valence-corrected chi connectivity index (χ4v) is 17.2. The molecule has 1 spiro atoms. The van der Waals surface area contributed by atoms with Gasteiger partial charge in [-0.3, -0.25) is 0 Å². The van der Waals surface area contributed by atoms with Gasteiger partial charge in [-0.2, -0.15) is 0 Å². The van der Waals surface area contributed by atoms with Gasteiger partial charge in [0.05, 0.1) is 24.2 Å². The molecule has 2 nitrogen and oxygen atoms in total. The third-order valence-electron chi connectivity index (χ3n) is 16.4. The lowest BCUT2D eigenvalue weighted by molar-refractivity contribution is -0.0419. The largest absolute Gasteiger partial charge is 0.311 e. The van der Waals surface area contributed by atoms with E-state index in [2.05, 4.69) is 185 Å². The Kier molecular flexibility index (Phi) is 8.75. The lowest BCUT2D eigenvalue weighted by Crippen LogP contribution is -2.66. The van der Waals surface area contributed by atoms with Crippen LogP contribution < -0.4 is 41.7 Å². The number of fused-ring (bicyclic) bond motifs is 12. The van der Waals surface area contributed by atoms with Crippen molar-refractivity contribution in [3.63, 3.8) is 0 Å². The molecule has 6 aliphatic rings. The van der Waals surface area contributed by atoms with E-state index >= 15 is 4.39 Å². The summed E-state index contributed by atoms with van der Waals surface area (Å²) in [6.07, 6.45) is 7.38. The van der Waals surface area contributed by atoms with Crippen molar-refractivity contribution in [3.8, 4) is 11.1 Å². The van der Waals surface area contributed by atoms with Gasteiger partial charge < -0.3 is 9.80 Å². The number of hydrogen-bond acceptors (Lipinski definition) is 3. The first kappa shape index (κ1) is 41.1. The Morgan fingerprint density at radius 3 is 1.84 bits per heavy atom. The van der Waals surface area contributed by atoms with Crippen molar-refractivity contribution < 1.29 is 4.39 Å². The van der Waals surface area contributed by atoms with Crippen LogP contribution in [0.3, 0.4) is 0 Å². The van der Waals surface area contributed by atoms with Crippen molar-refractivity contribution >= 4 is 109 Å². The number of benzene rings is 6. The lowest BCUT2D eigenvalue weighted by atomic mass is 9.31. The number of thioether (sulfide) groups is 1. The van der Waals surface area contributed by atoms with Crippen molar-refractivity contribution in [1.82, 2.24) is 0 Å². The molecule has 5 unspecified atom stereocenters. The highest BCUT2D eigenvalue weighted by atomic mass is 32.2. The smallest absolute Gasteiger partial charge is 0.252 e. The Morgan fingerprint density at radius 2 is 1.22 bits per heavy atom. The third kappa shape index (κ3) is 5.55. The van der Waals surface area contributed by atoms with Crippen molar-refractivity contribution in [2.45, 2.75) is 89.0 Å². The average Bonchev–Trinajstić information content (AvgIpc) is 3.53. The molecule has 2 heterocycles. The van der Waals surface area contributed by atoms with Gasteiger partial charge in [-0.25, -0.2) is 4.39 Å². The molecule has 6 aromatic carbocycles. The standard InChI is InChI=1S/C56H60BFN2SSi3/c1-33-26-34-28-46-52(34)45(27-33)56(46)44-23-12-35(58)29-42(44)43-32-51-54-55(53(43)56)60(37-15-20-40(21-16-37)63(6,7)8)50-31-41(64(9,10)11)22-25-48(50)57(54)47-24-17-38(61-2)30-49(47)59(51)36-13-18-39(19-14-36)62(3,4)5/h12-25,27,29-34,46,52H,26,28H2,1-11H3. The molecule has 8 heteroatoms. The van der Waals surface area contributed by atoms with Gasteiger partial charge in [-0.15, -0.1) is 11.8 Å². The van der Waals surface area contributed by atoms with E-state index in [1.807, 2.05) is 17.8 Å². The lowest BCUT2D eigenvalue weighted by Gasteiger charge is -2.70. The first-order valence-corrected chi connectivity index (χ1v) is 35.5. The predicted octanol–water partition coefficient (Wildman–Crippen LogP) is 11.8. The van der Waals surface area contributed by atoms with Gasteiger partial charge in [-0.1, -0.05) is 142 Å². The summed E-state index contributed by atoms with van der Waals surface area (Å²) >= 11 is 1.81. The number of nitrogens with zero attached hydrogens (tertiary/aromatic N) is 2. The Labute approximate surface area is 388 Å². The minimum atomic E-state index is -1.75. The molecule has 12 rings (SSSR count). The normalized spacial score (nSPS) is 23.3. The van der Waals surface area contributed by atoms with Crippen LogP contribution in [0.15, 0.2) is 126 Å². The molecule has 64 heavy (non-hydrogen) atoms. The highest BCUT2D eigenvalue weighted by molar-refractivity contribution is 7.98. The van der Waals surface area contributed by atoms with Crippen molar-refractivity contribution in [2.24, 2.45) is 23.7 Å². The van der Waals surface area contributed by atoms with Gasteiger partial charge >= 0.3 is 0 Å². The Bertz CT molecular complexity index is 3020. The van der Waals surface area contributed by atoms with E-state index in [-0.39, 0.29) is 17.9 Å². The van der Waals surface area contributed by atoms with Crippen LogP contribution in [0.5, 0.6) is 0 Å². The molecular formula is C56H60BFN2SSi3. The highest BCUT2D eigenvalue weighted by Gasteiger charge is 2.72. The van der Waals surface area contributed by atoms with Gasteiger partial charge in [-0.05, 0) is 142 Å². The predicted molar refractivity (Wildman–Crippen MR) is 284 cm³/mol. The molecule has 0 aromatic heterocycles. The highest BCUT2D eigenvalue weighted by Crippen LogP contribution is 2.78. The first-order valence-electron chi connectivity index (χ1n) is 23.8. The van der Waals surface area contributed by atoms with Crippen molar-refractivity contribution in [3.05, 3.63) is 138 Å². The fraction of sp³-hybridized carbons (Fsp3) is 0.321. The number of halogens is 1. The van der Waals surface area contributed by atoms with E-state index in [0.29, 0.717) is 17.8 Å². The molecule has 2 aliphatic heterocycles. The maximum absolute atomic E-state index is 16.1. The zero-order valence-electron chi connectivity index (χ0n) is 39.5. The molecule has 0 saturated heterocycles. The number of anilines is 6. The molecule has 322 valence electrons. The third-order valence-corrected chi connectivity index (χ3v) is 23.3. The van der Waals surface area contributed by atoms with Crippen LogP contribution in [-0.2, 0) is 5.41 Å². The van der Waals surface area contributed by atoms with Crippen molar-refractivity contribution in [1.29, 1.82) is 0 Å². The molecule has 4 aliphatic carbocycles. The van der Waals surface area contributed by atoms with Crippen LogP contribution in [0, 0.1) is 29.5 Å². The summed E-state index contributed by atoms with van der Waals surface area (Å²) in [6.45, 7) is 24.6. The Hall–Kier alpha value is -4.34. The van der Waals surface area contributed by atoms with E-state index in [1.165, 1.54) is 101 Å². The summed E-state index contributed by atoms with van der Waals surface area (Å²) in [4.78, 5) is 6.56. The number of allylic oxidation sites excluding steroid dienone is 2. The summed E-state index contributed by atoms with van der Waals surface area (Å²) in [5.74, 6) is 2.24. The SMILES string of the molecule is CSc1ccc2c(c1)N(c1ccc([Si](C)(C)C)cc1)c1cc3c(c4c1B2c1ccc([Si](C)(C)C)cc1N4c1ccc([Si](C)(C)C)cc1)C1(C2=CC(C)CC4CC1C24)c1ccc(F)cc1-3. The van der Waals surface area contributed by atoms with E-state index in [4.69, 9.17) is 0 Å². The minimum Gasteiger partial charge on any atom is -0.311 e. The second-order valence-electron chi connectivity index (χ2n) is 23.2. The Balaban J connectivity index is 1.25. The summed E-state index contributed by atoms with van der Waals surface area (Å²) < 4.78 is 16.1. The maximum atomic E-state index is 16.1. The van der Waals surface area contributed by atoms with Crippen LogP contribution in [-0.4, -0.2) is 37.2 Å². The van der Waals surface area contributed by atoms with Gasteiger partial charge in [0.1, 0.15) is 5.82 Å². The van der Waals surface area contributed by atoms with Gasteiger partial charge in [0.25, 0.3) is 6.71 Å². The summed E-state index contributed by atoms with van der Waals surface area (Å²) in [5, 5.41) is 4.40. The van der Waals surface area contributed by atoms with Gasteiger partial charge in [0.15, 0.2) is 0 Å². The van der Waals surface area contributed by atoms with Crippen LogP contribution in [0.4, 0.5) is 38.5 Å². The number of hydrogen-bond donors (Lipinski definition) is 0. The molecule has 0 bridgehead atoms.